The number of thioether (sulfide) groups is 1. The number of aryl methyl sites for hydroxylation is 1. The summed E-state index contributed by atoms with van der Waals surface area (Å²) in [6.07, 6.45) is 5.84. The molecule has 100 valence electrons. The van der Waals surface area contributed by atoms with Gasteiger partial charge in [-0.05, 0) is 25.5 Å². The molecule has 2 atom stereocenters. The third-order valence-electron chi connectivity index (χ3n) is 3.15. The first-order chi connectivity index (χ1) is 8.69. The van der Waals surface area contributed by atoms with Crippen LogP contribution in [0.4, 0.5) is 0 Å². The Morgan fingerprint density at radius 3 is 2.94 bits per heavy atom. The molecule has 1 N–H and O–H groups in total. The standard InChI is InChI=1S/C12H18N2O3S/c1-3-8-6-14(12(18-2)13-11(8)16)10-5-4-9(7-15)17-10/h6,9-10,15H,3-5,7H2,1-2H3/t9-,10+/m0/s1. The van der Waals surface area contributed by atoms with Gasteiger partial charge >= 0.3 is 0 Å². The second-order valence-electron chi connectivity index (χ2n) is 4.29. The molecule has 1 aliphatic rings. The first-order valence-corrected chi connectivity index (χ1v) is 7.34. The number of ether oxygens (including phenoxy) is 1. The average Bonchev–Trinajstić information content (AvgIpc) is 2.87. The highest BCUT2D eigenvalue weighted by Crippen LogP contribution is 2.30. The summed E-state index contributed by atoms with van der Waals surface area (Å²) in [5.74, 6) is 0. The van der Waals surface area contributed by atoms with Gasteiger partial charge in [-0.15, -0.1) is 0 Å². The normalized spacial score (nSPS) is 23.5. The van der Waals surface area contributed by atoms with E-state index in [0.29, 0.717) is 17.1 Å². The van der Waals surface area contributed by atoms with Crippen molar-refractivity contribution in [1.82, 2.24) is 9.55 Å². The summed E-state index contributed by atoms with van der Waals surface area (Å²) in [4.78, 5) is 15.8. The molecule has 0 aromatic carbocycles. The minimum atomic E-state index is -0.158. The maximum Gasteiger partial charge on any atom is 0.276 e. The van der Waals surface area contributed by atoms with Gasteiger partial charge in [-0.1, -0.05) is 18.7 Å². The quantitative estimate of drug-likeness (QED) is 0.658. The van der Waals surface area contributed by atoms with Gasteiger partial charge in [0.15, 0.2) is 5.16 Å². The van der Waals surface area contributed by atoms with E-state index in [1.165, 1.54) is 11.8 Å². The van der Waals surface area contributed by atoms with Gasteiger partial charge in [-0.25, -0.2) is 0 Å². The fourth-order valence-corrected chi connectivity index (χ4v) is 2.68. The van der Waals surface area contributed by atoms with Crippen LogP contribution in [0.2, 0.25) is 0 Å². The average molecular weight is 270 g/mol. The molecule has 1 aliphatic heterocycles. The highest BCUT2D eigenvalue weighted by molar-refractivity contribution is 7.98. The van der Waals surface area contributed by atoms with Gasteiger partial charge in [0.1, 0.15) is 6.23 Å². The Balaban J connectivity index is 2.34. The first kappa shape index (κ1) is 13.6. The van der Waals surface area contributed by atoms with Crippen LogP contribution in [0.3, 0.4) is 0 Å². The van der Waals surface area contributed by atoms with Gasteiger partial charge in [0.05, 0.1) is 12.7 Å². The van der Waals surface area contributed by atoms with Crippen LogP contribution in [0.1, 0.15) is 31.6 Å². The number of hydrogen-bond donors (Lipinski definition) is 1. The molecule has 0 radical (unpaired) electrons. The summed E-state index contributed by atoms with van der Waals surface area (Å²) in [5.41, 5.74) is 0.540. The van der Waals surface area contributed by atoms with E-state index in [1.807, 2.05) is 23.9 Å². The molecule has 0 unspecified atom stereocenters. The van der Waals surface area contributed by atoms with Crippen molar-refractivity contribution in [3.63, 3.8) is 0 Å². The van der Waals surface area contributed by atoms with E-state index in [-0.39, 0.29) is 24.5 Å². The Morgan fingerprint density at radius 1 is 1.61 bits per heavy atom. The molecule has 0 saturated carbocycles. The van der Waals surface area contributed by atoms with E-state index in [1.54, 1.807) is 0 Å². The molecule has 0 bridgehead atoms. The summed E-state index contributed by atoms with van der Waals surface area (Å²) < 4.78 is 7.65. The molecule has 0 amide bonds. The van der Waals surface area contributed by atoms with Crippen LogP contribution in [0.15, 0.2) is 16.1 Å². The second-order valence-corrected chi connectivity index (χ2v) is 5.06. The Kier molecular flexibility index (Phi) is 4.42. The van der Waals surface area contributed by atoms with Crippen LogP contribution in [0.5, 0.6) is 0 Å². The zero-order valence-corrected chi connectivity index (χ0v) is 11.4. The molecule has 6 heteroatoms. The largest absolute Gasteiger partial charge is 0.394 e. The van der Waals surface area contributed by atoms with E-state index in [2.05, 4.69) is 4.98 Å². The van der Waals surface area contributed by atoms with E-state index in [9.17, 15) is 4.79 Å². The highest BCUT2D eigenvalue weighted by Gasteiger charge is 2.27. The van der Waals surface area contributed by atoms with Crippen molar-refractivity contribution in [2.24, 2.45) is 0 Å². The van der Waals surface area contributed by atoms with Gasteiger partial charge < -0.3 is 14.4 Å². The van der Waals surface area contributed by atoms with Crippen LogP contribution < -0.4 is 5.56 Å². The molecule has 1 aromatic heterocycles. The van der Waals surface area contributed by atoms with Crippen molar-refractivity contribution in [2.75, 3.05) is 12.9 Å². The SMILES string of the molecule is CCc1cn([C@H]2CC[C@@H](CO)O2)c(SC)nc1=O. The van der Waals surface area contributed by atoms with Crippen LogP contribution >= 0.6 is 11.8 Å². The minimum absolute atomic E-state index is 0.0410. The summed E-state index contributed by atoms with van der Waals surface area (Å²) in [7, 11) is 0. The summed E-state index contributed by atoms with van der Waals surface area (Å²) in [5, 5.41) is 9.76. The van der Waals surface area contributed by atoms with Crippen molar-refractivity contribution in [3.05, 3.63) is 22.1 Å². The fraction of sp³-hybridized carbons (Fsp3) is 0.667. The van der Waals surface area contributed by atoms with E-state index < -0.39 is 0 Å². The zero-order chi connectivity index (χ0) is 13.1. The number of rotatable bonds is 4. The topological polar surface area (TPSA) is 64.3 Å². The van der Waals surface area contributed by atoms with Crippen molar-refractivity contribution in [2.45, 2.75) is 43.7 Å². The van der Waals surface area contributed by atoms with Crippen molar-refractivity contribution in [1.29, 1.82) is 0 Å². The van der Waals surface area contributed by atoms with Crippen molar-refractivity contribution >= 4 is 11.8 Å². The van der Waals surface area contributed by atoms with Crippen LogP contribution in [-0.4, -0.2) is 33.6 Å². The van der Waals surface area contributed by atoms with Crippen LogP contribution in [0, 0.1) is 0 Å². The lowest BCUT2D eigenvalue weighted by atomic mass is 10.2. The maximum absolute atomic E-state index is 11.7. The number of nitrogens with zero attached hydrogens (tertiary/aromatic N) is 2. The van der Waals surface area contributed by atoms with Crippen LogP contribution in [0.25, 0.3) is 0 Å². The third-order valence-corrected chi connectivity index (χ3v) is 3.82. The molecule has 2 heterocycles. The smallest absolute Gasteiger partial charge is 0.276 e. The number of aliphatic hydroxyl groups is 1. The van der Waals surface area contributed by atoms with Crippen molar-refractivity contribution < 1.29 is 9.84 Å². The molecule has 0 spiro atoms. The monoisotopic (exact) mass is 270 g/mol. The summed E-state index contributed by atoms with van der Waals surface area (Å²) in [6.45, 7) is 1.98. The summed E-state index contributed by atoms with van der Waals surface area (Å²) >= 11 is 1.43. The predicted octanol–water partition coefficient (Wildman–Crippen LogP) is 1.20. The van der Waals surface area contributed by atoms with E-state index in [4.69, 9.17) is 9.84 Å². The molecular formula is C12H18N2O3S. The second kappa shape index (κ2) is 5.86. The molecular weight excluding hydrogens is 252 g/mol. The Labute approximate surface area is 110 Å². The van der Waals surface area contributed by atoms with E-state index in [0.717, 1.165) is 12.8 Å². The van der Waals surface area contributed by atoms with Crippen LogP contribution in [-0.2, 0) is 11.2 Å². The van der Waals surface area contributed by atoms with Gasteiger partial charge in [-0.2, -0.15) is 4.98 Å². The molecule has 1 saturated heterocycles. The maximum atomic E-state index is 11.7. The van der Waals surface area contributed by atoms with Gasteiger partial charge in [-0.3, -0.25) is 4.79 Å². The molecule has 5 nitrogen and oxygen atoms in total. The Bertz CT molecular complexity index is 475. The van der Waals surface area contributed by atoms with E-state index >= 15 is 0 Å². The summed E-state index contributed by atoms with van der Waals surface area (Å²) in [6, 6.07) is 0. The van der Waals surface area contributed by atoms with Gasteiger partial charge in [0.25, 0.3) is 5.56 Å². The fourth-order valence-electron chi connectivity index (χ4n) is 2.12. The number of hydrogen-bond acceptors (Lipinski definition) is 5. The first-order valence-electron chi connectivity index (χ1n) is 6.12. The molecule has 1 aromatic rings. The van der Waals surface area contributed by atoms with Gasteiger partial charge in [0.2, 0.25) is 0 Å². The minimum Gasteiger partial charge on any atom is -0.394 e. The lowest BCUT2D eigenvalue weighted by Crippen LogP contribution is -2.22. The van der Waals surface area contributed by atoms with Crippen molar-refractivity contribution in [3.8, 4) is 0 Å². The zero-order valence-electron chi connectivity index (χ0n) is 10.6. The molecule has 0 aliphatic carbocycles. The Hall–Kier alpha value is -0.850. The predicted molar refractivity (Wildman–Crippen MR) is 69.9 cm³/mol. The van der Waals surface area contributed by atoms with Gasteiger partial charge in [0, 0.05) is 11.8 Å². The Morgan fingerprint density at radius 2 is 2.39 bits per heavy atom. The lowest BCUT2D eigenvalue weighted by molar-refractivity contribution is -0.0274. The third kappa shape index (κ3) is 2.60. The molecule has 18 heavy (non-hydrogen) atoms. The lowest BCUT2D eigenvalue weighted by Gasteiger charge is -2.19. The number of aromatic nitrogens is 2. The molecule has 2 rings (SSSR count). The highest BCUT2D eigenvalue weighted by atomic mass is 32.2. The number of aliphatic hydroxyl groups excluding tert-OH is 1. The molecule has 1 fully saturated rings.